The summed E-state index contributed by atoms with van der Waals surface area (Å²) in [6.45, 7) is 1.30. The molecule has 1 atom stereocenters. The van der Waals surface area contributed by atoms with E-state index in [-0.39, 0.29) is 23.5 Å². The first-order valence-corrected chi connectivity index (χ1v) is 8.43. The van der Waals surface area contributed by atoms with Crippen LogP contribution in [0.25, 0.3) is 10.9 Å². The molecular formula is C20H18F2N2O. The molecule has 1 amide bonds. The summed E-state index contributed by atoms with van der Waals surface area (Å²) in [7, 11) is 0. The Morgan fingerprint density at radius 2 is 1.80 bits per heavy atom. The van der Waals surface area contributed by atoms with Crippen LogP contribution in [0.1, 0.15) is 34.8 Å². The Morgan fingerprint density at radius 1 is 1.04 bits per heavy atom. The van der Waals surface area contributed by atoms with Gasteiger partial charge in [-0.05, 0) is 61.4 Å². The van der Waals surface area contributed by atoms with Gasteiger partial charge < -0.3 is 9.88 Å². The number of nitrogens with one attached hydrogen (secondary N) is 1. The van der Waals surface area contributed by atoms with Gasteiger partial charge in [0.25, 0.3) is 5.91 Å². The smallest absolute Gasteiger partial charge is 0.253 e. The van der Waals surface area contributed by atoms with Crippen molar-refractivity contribution >= 4 is 16.8 Å². The molecule has 128 valence electrons. The predicted octanol–water partition coefficient (Wildman–Crippen LogP) is 4.47. The lowest BCUT2D eigenvalue weighted by Gasteiger charge is -2.32. The van der Waals surface area contributed by atoms with E-state index >= 15 is 0 Å². The van der Waals surface area contributed by atoms with Crippen LogP contribution in [0.2, 0.25) is 0 Å². The Balaban J connectivity index is 1.55. The van der Waals surface area contributed by atoms with Crippen LogP contribution in [0, 0.1) is 11.6 Å². The van der Waals surface area contributed by atoms with Crippen LogP contribution >= 0.6 is 0 Å². The Labute approximate surface area is 144 Å². The van der Waals surface area contributed by atoms with Crippen molar-refractivity contribution in [3.05, 3.63) is 71.4 Å². The number of benzene rings is 2. The lowest BCUT2D eigenvalue weighted by Crippen LogP contribution is -2.39. The molecule has 0 radical (unpaired) electrons. The molecule has 1 unspecified atom stereocenters. The van der Waals surface area contributed by atoms with Gasteiger partial charge in [-0.2, -0.15) is 0 Å². The highest BCUT2D eigenvalue weighted by atomic mass is 19.1. The Hall–Kier alpha value is -2.69. The molecule has 1 aliphatic rings. The third-order valence-corrected chi connectivity index (χ3v) is 4.84. The van der Waals surface area contributed by atoms with E-state index < -0.39 is 0 Å². The number of fused-ring (bicyclic) bond motifs is 1. The minimum atomic E-state index is -0.349. The van der Waals surface area contributed by atoms with E-state index in [9.17, 15) is 13.6 Å². The number of aromatic amines is 1. The largest absolute Gasteiger partial charge is 0.358 e. The zero-order valence-corrected chi connectivity index (χ0v) is 13.6. The normalized spacial score (nSPS) is 17.8. The number of hydrogen-bond donors (Lipinski definition) is 1. The second-order valence-electron chi connectivity index (χ2n) is 6.55. The molecule has 2 heterocycles. The van der Waals surface area contributed by atoms with Gasteiger partial charge in [0.1, 0.15) is 11.6 Å². The highest BCUT2D eigenvalue weighted by Crippen LogP contribution is 2.30. The van der Waals surface area contributed by atoms with Gasteiger partial charge in [0, 0.05) is 41.2 Å². The van der Waals surface area contributed by atoms with Gasteiger partial charge in [-0.15, -0.1) is 0 Å². The average molecular weight is 340 g/mol. The first kappa shape index (κ1) is 15.8. The molecule has 0 spiro atoms. The van der Waals surface area contributed by atoms with Crippen LogP contribution in [0.15, 0.2) is 48.5 Å². The molecule has 3 nitrogen and oxygen atoms in total. The summed E-state index contributed by atoms with van der Waals surface area (Å²) >= 11 is 0. The van der Waals surface area contributed by atoms with E-state index in [4.69, 9.17) is 0 Å². The molecule has 3 aromatic rings. The third-order valence-electron chi connectivity index (χ3n) is 4.84. The number of hydrogen-bond acceptors (Lipinski definition) is 1. The van der Waals surface area contributed by atoms with Crippen molar-refractivity contribution < 1.29 is 13.6 Å². The van der Waals surface area contributed by atoms with Crippen molar-refractivity contribution in [3.8, 4) is 0 Å². The SMILES string of the molecule is O=C(c1ccc(F)cc1)N1CCCC(c2cc3cc(F)ccc3[nH]2)C1. The fourth-order valence-corrected chi connectivity index (χ4v) is 3.54. The lowest BCUT2D eigenvalue weighted by molar-refractivity contribution is 0.0706. The summed E-state index contributed by atoms with van der Waals surface area (Å²) in [5, 5.41) is 0.844. The van der Waals surface area contributed by atoms with E-state index in [1.165, 1.54) is 36.4 Å². The van der Waals surface area contributed by atoms with Crippen molar-refractivity contribution in [2.45, 2.75) is 18.8 Å². The maximum atomic E-state index is 13.4. The number of carbonyl (C=O) groups excluding carboxylic acids is 1. The lowest BCUT2D eigenvalue weighted by atomic mass is 9.94. The van der Waals surface area contributed by atoms with Crippen molar-refractivity contribution in [2.75, 3.05) is 13.1 Å². The second kappa shape index (κ2) is 6.31. The van der Waals surface area contributed by atoms with Gasteiger partial charge in [0.2, 0.25) is 0 Å². The molecule has 1 saturated heterocycles. The highest BCUT2D eigenvalue weighted by molar-refractivity contribution is 5.94. The molecule has 1 aromatic heterocycles. The topological polar surface area (TPSA) is 36.1 Å². The van der Waals surface area contributed by atoms with E-state index in [1.54, 1.807) is 6.07 Å². The van der Waals surface area contributed by atoms with Crippen LogP contribution < -0.4 is 0 Å². The molecule has 0 bridgehead atoms. The number of piperidine rings is 1. The third kappa shape index (κ3) is 3.14. The van der Waals surface area contributed by atoms with Gasteiger partial charge in [-0.3, -0.25) is 4.79 Å². The number of likely N-dealkylation sites (tertiary alicyclic amines) is 1. The maximum Gasteiger partial charge on any atom is 0.253 e. The van der Waals surface area contributed by atoms with E-state index in [2.05, 4.69) is 4.98 Å². The molecule has 0 saturated carbocycles. The van der Waals surface area contributed by atoms with E-state index in [0.717, 1.165) is 29.4 Å². The average Bonchev–Trinajstić information content (AvgIpc) is 3.05. The van der Waals surface area contributed by atoms with Crippen molar-refractivity contribution in [2.24, 2.45) is 0 Å². The van der Waals surface area contributed by atoms with Gasteiger partial charge in [0.05, 0.1) is 0 Å². The van der Waals surface area contributed by atoms with E-state index in [0.29, 0.717) is 18.7 Å². The Bertz CT molecular complexity index is 917. The maximum absolute atomic E-state index is 13.4. The minimum absolute atomic E-state index is 0.0770. The summed E-state index contributed by atoms with van der Waals surface area (Å²) in [4.78, 5) is 17.8. The molecule has 1 aliphatic heterocycles. The van der Waals surface area contributed by atoms with Gasteiger partial charge >= 0.3 is 0 Å². The molecule has 1 fully saturated rings. The van der Waals surface area contributed by atoms with Crippen LogP contribution in [-0.2, 0) is 0 Å². The van der Waals surface area contributed by atoms with Gasteiger partial charge in [0.15, 0.2) is 0 Å². The summed E-state index contributed by atoms with van der Waals surface area (Å²) in [5.41, 5.74) is 2.43. The molecule has 2 aromatic carbocycles. The number of aromatic nitrogens is 1. The fourth-order valence-electron chi connectivity index (χ4n) is 3.54. The molecule has 5 heteroatoms. The molecule has 1 N–H and O–H groups in total. The summed E-state index contributed by atoms with van der Waals surface area (Å²) < 4.78 is 26.4. The standard InChI is InChI=1S/C20H18F2N2O/c21-16-5-3-13(4-6-16)20(25)24-9-1-2-14(12-24)19-11-15-10-17(22)7-8-18(15)23-19/h3-8,10-11,14,23H,1-2,9,12H2. The van der Waals surface area contributed by atoms with Crippen LogP contribution in [0.4, 0.5) is 8.78 Å². The zero-order valence-electron chi connectivity index (χ0n) is 13.6. The minimum Gasteiger partial charge on any atom is -0.358 e. The second-order valence-corrected chi connectivity index (χ2v) is 6.55. The quantitative estimate of drug-likeness (QED) is 0.734. The number of carbonyl (C=O) groups is 1. The van der Waals surface area contributed by atoms with Gasteiger partial charge in [-0.1, -0.05) is 0 Å². The Morgan fingerprint density at radius 3 is 2.60 bits per heavy atom. The molecular weight excluding hydrogens is 322 g/mol. The number of H-pyrrole nitrogens is 1. The number of halogens is 2. The number of amides is 1. The van der Waals surface area contributed by atoms with Crippen molar-refractivity contribution in [1.29, 1.82) is 0 Å². The summed E-state index contributed by atoms with van der Waals surface area (Å²) in [6.07, 6.45) is 1.88. The van der Waals surface area contributed by atoms with Crippen LogP contribution in [0.5, 0.6) is 0 Å². The highest BCUT2D eigenvalue weighted by Gasteiger charge is 2.26. The number of nitrogens with zero attached hydrogens (tertiary/aromatic N) is 1. The van der Waals surface area contributed by atoms with Gasteiger partial charge in [-0.25, -0.2) is 8.78 Å². The molecule has 4 rings (SSSR count). The number of rotatable bonds is 2. The van der Waals surface area contributed by atoms with Crippen molar-refractivity contribution in [3.63, 3.8) is 0 Å². The monoisotopic (exact) mass is 340 g/mol. The Kier molecular flexibility index (Phi) is 3.99. The first-order chi connectivity index (χ1) is 12.1. The first-order valence-electron chi connectivity index (χ1n) is 8.43. The van der Waals surface area contributed by atoms with Crippen LogP contribution in [-0.4, -0.2) is 28.9 Å². The summed E-state index contributed by atoms with van der Waals surface area (Å²) in [6, 6.07) is 12.3. The van der Waals surface area contributed by atoms with E-state index in [1.807, 2.05) is 11.0 Å². The molecule has 0 aliphatic carbocycles. The summed E-state index contributed by atoms with van der Waals surface area (Å²) in [5.74, 6) is -0.492. The fraction of sp³-hybridized carbons (Fsp3) is 0.250. The predicted molar refractivity (Wildman–Crippen MR) is 92.5 cm³/mol. The van der Waals surface area contributed by atoms with Crippen LogP contribution in [0.3, 0.4) is 0 Å². The van der Waals surface area contributed by atoms with Crippen molar-refractivity contribution in [1.82, 2.24) is 9.88 Å². The molecule has 25 heavy (non-hydrogen) atoms. The zero-order chi connectivity index (χ0) is 17.4.